The monoisotopic (exact) mass is 365 g/mol. The number of carbonyl (C=O) groups is 1. The van der Waals surface area contributed by atoms with E-state index in [1.54, 1.807) is 18.2 Å². The van der Waals surface area contributed by atoms with Gasteiger partial charge in [0.05, 0.1) is 6.26 Å². The molecule has 0 N–H and O–H groups in total. The molecular formula is C14H8INO3. The number of hydrogen-bond acceptors (Lipinski definition) is 4. The molecule has 0 unspecified atom stereocenters. The Hall–Kier alpha value is -1.89. The maximum absolute atomic E-state index is 11.7. The lowest BCUT2D eigenvalue weighted by Gasteiger charge is -1.96. The van der Waals surface area contributed by atoms with Crippen LogP contribution in [0, 0.1) is 3.57 Å². The number of carbonyl (C=O) groups excluding carboxylic acids is 1. The first-order chi connectivity index (χ1) is 9.24. The first kappa shape index (κ1) is 12.2. The lowest BCUT2D eigenvalue weighted by molar-refractivity contribution is -0.130. The number of furan rings is 1. The summed E-state index contributed by atoms with van der Waals surface area (Å²) in [6.07, 6.45) is 3.22. The van der Waals surface area contributed by atoms with Crippen LogP contribution in [-0.4, -0.2) is 11.9 Å². The molecule has 0 atom stereocenters. The Balaban J connectivity index is 1.98. The van der Waals surface area contributed by atoms with E-state index in [2.05, 4.69) is 27.6 Å². The second-order valence-corrected chi connectivity index (χ2v) is 5.00. The van der Waals surface area contributed by atoms with Crippen LogP contribution in [0.5, 0.6) is 0 Å². The zero-order valence-corrected chi connectivity index (χ0v) is 11.8. The van der Waals surface area contributed by atoms with Gasteiger partial charge in [-0.2, -0.15) is 0 Å². The van der Waals surface area contributed by atoms with Crippen LogP contribution in [0.25, 0.3) is 6.08 Å². The van der Waals surface area contributed by atoms with E-state index in [4.69, 9.17) is 9.15 Å². The molecule has 1 aromatic carbocycles. The first-order valence-electron chi connectivity index (χ1n) is 5.55. The lowest BCUT2D eigenvalue weighted by atomic mass is 10.2. The van der Waals surface area contributed by atoms with Crippen LogP contribution in [0.3, 0.4) is 0 Å². The van der Waals surface area contributed by atoms with Crippen LogP contribution in [-0.2, 0) is 9.53 Å². The van der Waals surface area contributed by atoms with Gasteiger partial charge in [0.1, 0.15) is 0 Å². The number of nitrogens with zero attached hydrogens (tertiary/aromatic N) is 1. The van der Waals surface area contributed by atoms with Gasteiger partial charge in [0, 0.05) is 3.57 Å². The molecule has 0 saturated carbocycles. The van der Waals surface area contributed by atoms with E-state index in [1.165, 1.54) is 6.26 Å². The number of hydrogen-bond donors (Lipinski definition) is 0. The summed E-state index contributed by atoms with van der Waals surface area (Å²) in [6.45, 7) is 0. The van der Waals surface area contributed by atoms with Gasteiger partial charge in [0.25, 0.3) is 5.90 Å². The molecule has 19 heavy (non-hydrogen) atoms. The van der Waals surface area contributed by atoms with Crippen LogP contribution in [0.4, 0.5) is 0 Å². The van der Waals surface area contributed by atoms with Crippen molar-refractivity contribution in [2.75, 3.05) is 0 Å². The number of ether oxygens (including phenoxy) is 1. The molecule has 0 fully saturated rings. The summed E-state index contributed by atoms with van der Waals surface area (Å²) in [7, 11) is 0. The van der Waals surface area contributed by atoms with Gasteiger partial charge in [-0.1, -0.05) is 18.2 Å². The van der Waals surface area contributed by atoms with Crippen molar-refractivity contribution in [1.82, 2.24) is 0 Å². The predicted octanol–water partition coefficient (Wildman–Crippen LogP) is 3.23. The Labute approximate surface area is 122 Å². The summed E-state index contributed by atoms with van der Waals surface area (Å²) in [6, 6.07) is 11.1. The molecule has 0 saturated heterocycles. The molecule has 0 spiro atoms. The largest absolute Gasteiger partial charge is 0.459 e. The molecule has 1 aliphatic heterocycles. The first-order valence-corrected chi connectivity index (χ1v) is 6.63. The van der Waals surface area contributed by atoms with Crippen molar-refractivity contribution in [2.24, 2.45) is 4.99 Å². The second kappa shape index (κ2) is 5.00. The summed E-state index contributed by atoms with van der Waals surface area (Å²) < 4.78 is 11.3. The Morgan fingerprint density at radius 1 is 1.16 bits per heavy atom. The van der Waals surface area contributed by atoms with Gasteiger partial charge in [-0.15, -0.1) is 0 Å². The number of rotatable bonds is 2. The number of cyclic esters (lactones) is 1. The summed E-state index contributed by atoms with van der Waals surface area (Å²) in [5, 5.41) is 0. The van der Waals surface area contributed by atoms with Crippen LogP contribution in [0.1, 0.15) is 11.3 Å². The molecule has 0 aliphatic carbocycles. The van der Waals surface area contributed by atoms with E-state index in [0.29, 0.717) is 5.76 Å². The molecular weight excluding hydrogens is 357 g/mol. The van der Waals surface area contributed by atoms with Gasteiger partial charge < -0.3 is 9.15 Å². The topological polar surface area (TPSA) is 51.8 Å². The number of benzene rings is 1. The summed E-state index contributed by atoms with van der Waals surface area (Å²) in [5.74, 6) is 0.178. The van der Waals surface area contributed by atoms with E-state index in [-0.39, 0.29) is 11.6 Å². The highest BCUT2D eigenvalue weighted by atomic mass is 127. The highest BCUT2D eigenvalue weighted by Crippen LogP contribution is 2.21. The zero-order chi connectivity index (χ0) is 13.2. The average Bonchev–Trinajstić information content (AvgIpc) is 3.02. The van der Waals surface area contributed by atoms with Crippen LogP contribution < -0.4 is 0 Å². The van der Waals surface area contributed by atoms with Crippen molar-refractivity contribution in [3.8, 4) is 0 Å². The molecule has 3 rings (SSSR count). The smallest absolute Gasteiger partial charge is 0.363 e. The Morgan fingerprint density at radius 2 is 2.00 bits per heavy atom. The van der Waals surface area contributed by atoms with E-state index >= 15 is 0 Å². The minimum atomic E-state index is -0.467. The van der Waals surface area contributed by atoms with Gasteiger partial charge in [-0.3, -0.25) is 0 Å². The Morgan fingerprint density at radius 3 is 2.74 bits per heavy atom. The molecule has 0 bridgehead atoms. The van der Waals surface area contributed by atoms with Crippen LogP contribution >= 0.6 is 22.6 Å². The van der Waals surface area contributed by atoms with Gasteiger partial charge in [-0.25, -0.2) is 9.79 Å². The third kappa shape index (κ3) is 2.46. The quantitative estimate of drug-likeness (QED) is 0.467. The van der Waals surface area contributed by atoms with E-state index in [0.717, 1.165) is 9.13 Å². The van der Waals surface area contributed by atoms with Crippen molar-refractivity contribution in [1.29, 1.82) is 0 Å². The summed E-state index contributed by atoms with van der Waals surface area (Å²) in [4.78, 5) is 15.9. The fourth-order valence-corrected chi connectivity index (χ4v) is 2.20. The molecule has 94 valence electrons. The fourth-order valence-electron chi connectivity index (χ4n) is 1.65. The lowest BCUT2D eigenvalue weighted by Crippen LogP contribution is -2.04. The molecule has 2 aromatic rings. The molecule has 5 heteroatoms. The average molecular weight is 365 g/mol. The van der Waals surface area contributed by atoms with Crippen molar-refractivity contribution in [3.05, 3.63) is 63.3 Å². The number of aliphatic imine (C=N–C) groups is 1. The molecule has 0 radical (unpaired) electrons. The minimum absolute atomic E-state index is 0.201. The predicted molar refractivity (Wildman–Crippen MR) is 78.5 cm³/mol. The SMILES string of the molecule is O=C1OC(c2ccco2)=N/C1=C\c1ccccc1I. The Kier molecular flexibility index (Phi) is 3.20. The number of esters is 1. The molecule has 1 aliphatic rings. The van der Waals surface area contributed by atoms with E-state index in [9.17, 15) is 4.79 Å². The van der Waals surface area contributed by atoms with E-state index in [1.807, 2.05) is 24.3 Å². The van der Waals surface area contributed by atoms with E-state index < -0.39 is 5.97 Å². The van der Waals surface area contributed by atoms with Crippen molar-refractivity contribution < 1.29 is 13.9 Å². The van der Waals surface area contributed by atoms with Crippen molar-refractivity contribution >= 4 is 40.5 Å². The molecule has 1 aromatic heterocycles. The Bertz CT molecular complexity index is 686. The second-order valence-electron chi connectivity index (χ2n) is 3.83. The third-order valence-corrected chi connectivity index (χ3v) is 3.53. The normalized spacial score (nSPS) is 16.6. The number of halogens is 1. The zero-order valence-electron chi connectivity index (χ0n) is 9.67. The maximum Gasteiger partial charge on any atom is 0.363 e. The molecule has 2 heterocycles. The van der Waals surface area contributed by atoms with Crippen LogP contribution in [0.2, 0.25) is 0 Å². The fraction of sp³-hybridized carbons (Fsp3) is 0. The maximum atomic E-state index is 11.7. The van der Waals surface area contributed by atoms with Gasteiger partial charge in [0.2, 0.25) is 0 Å². The third-order valence-electron chi connectivity index (χ3n) is 2.55. The van der Waals surface area contributed by atoms with Crippen molar-refractivity contribution in [2.45, 2.75) is 0 Å². The van der Waals surface area contributed by atoms with Gasteiger partial charge in [-0.05, 0) is 52.4 Å². The van der Waals surface area contributed by atoms with Crippen molar-refractivity contribution in [3.63, 3.8) is 0 Å². The highest BCUT2D eigenvalue weighted by molar-refractivity contribution is 14.1. The minimum Gasteiger partial charge on any atom is -0.459 e. The molecule has 0 amide bonds. The highest BCUT2D eigenvalue weighted by Gasteiger charge is 2.25. The van der Waals surface area contributed by atoms with Gasteiger partial charge >= 0.3 is 5.97 Å². The molecule has 4 nitrogen and oxygen atoms in total. The van der Waals surface area contributed by atoms with Gasteiger partial charge in [0.15, 0.2) is 11.5 Å². The standard InChI is InChI=1S/C14H8INO3/c15-10-5-2-1-4-9(10)8-11-14(17)19-13(16-11)12-6-3-7-18-12/h1-8H/b11-8-. The summed E-state index contributed by atoms with van der Waals surface area (Å²) in [5.41, 5.74) is 1.20. The van der Waals surface area contributed by atoms with Crippen LogP contribution in [0.15, 0.2) is 57.8 Å². The summed E-state index contributed by atoms with van der Waals surface area (Å²) >= 11 is 2.21.